The Balaban J connectivity index is 1.51. The molecule has 0 bridgehead atoms. The SMILES string of the molecule is O=C(O)c1ccc(CS(=O)CCCN2C(=O)c3ccccc3C2=O)cc1. The first-order chi connectivity index (χ1) is 12.5. The largest absolute Gasteiger partial charge is 0.478 e. The highest BCUT2D eigenvalue weighted by Gasteiger charge is 2.34. The lowest BCUT2D eigenvalue weighted by Crippen LogP contribution is -2.31. The van der Waals surface area contributed by atoms with E-state index in [9.17, 15) is 18.6 Å². The van der Waals surface area contributed by atoms with E-state index in [-0.39, 0.29) is 23.9 Å². The number of aromatic carboxylic acids is 1. The van der Waals surface area contributed by atoms with E-state index >= 15 is 0 Å². The van der Waals surface area contributed by atoms with E-state index in [1.807, 2.05) is 0 Å². The fraction of sp³-hybridized carbons (Fsp3) is 0.211. The van der Waals surface area contributed by atoms with E-state index < -0.39 is 16.8 Å². The molecule has 2 amide bonds. The van der Waals surface area contributed by atoms with Crippen LogP contribution in [-0.2, 0) is 16.6 Å². The molecule has 26 heavy (non-hydrogen) atoms. The van der Waals surface area contributed by atoms with Crippen molar-refractivity contribution in [2.24, 2.45) is 0 Å². The van der Waals surface area contributed by atoms with Crippen molar-refractivity contribution in [2.45, 2.75) is 12.2 Å². The van der Waals surface area contributed by atoms with Gasteiger partial charge in [0.05, 0.1) is 16.7 Å². The zero-order chi connectivity index (χ0) is 18.7. The summed E-state index contributed by atoms with van der Waals surface area (Å²) in [6.07, 6.45) is 0.450. The minimum atomic E-state index is -1.16. The lowest BCUT2D eigenvalue weighted by Gasteiger charge is -2.13. The summed E-state index contributed by atoms with van der Waals surface area (Å²) in [6, 6.07) is 13.0. The lowest BCUT2D eigenvalue weighted by molar-refractivity contribution is 0.0651. The highest BCUT2D eigenvalue weighted by Crippen LogP contribution is 2.22. The number of fused-ring (bicyclic) bond motifs is 1. The fourth-order valence-electron chi connectivity index (χ4n) is 2.83. The van der Waals surface area contributed by atoms with Crippen LogP contribution in [0.4, 0.5) is 0 Å². The number of carboxylic acid groups (broad SMARTS) is 1. The van der Waals surface area contributed by atoms with Gasteiger partial charge in [0.1, 0.15) is 0 Å². The van der Waals surface area contributed by atoms with Crippen molar-refractivity contribution in [1.29, 1.82) is 0 Å². The van der Waals surface area contributed by atoms with Crippen molar-refractivity contribution in [2.75, 3.05) is 12.3 Å². The molecule has 3 rings (SSSR count). The van der Waals surface area contributed by atoms with Crippen LogP contribution < -0.4 is 0 Å². The summed E-state index contributed by atoms with van der Waals surface area (Å²) in [5.41, 5.74) is 1.80. The second-order valence-electron chi connectivity index (χ2n) is 5.95. The molecule has 6 nitrogen and oxygen atoms in total. The topological polar surface area (TPSA) is 91.8 Å². The van der Waals surface area contributed by atoms with Crippen molar-refractivity contribution >= 4 is 28.6 Å². The number of benzene rings is 2. The van der Waals surface area contributed by atoms with Gasteiger partial charge in [-0.3, -0.25) is 18.7 Å². The standard InChI is InChI=1S/C19H17NO5S/c21-17-15-4-1-2-5-16(15)18(22)20(17)10-3-11-26(25)12-13-6-8-14(9-7-13)19(23)24/h1-2,4-9H,3,10-12H2,(H,23,24). The predicted molar refractivity (Wildman–Crippen MR) is 96.5 cm³/mol. The van der Waals surface area contributed by atoms with Crippen molar-refractivity contribution in [1.82, 2.24) is 4.90 Å². The van der Waals surface area contributed by atoms with E-state index in [4.69, 9.17) is 5.11 Å². The van der Waals surface area contributed by atoms with Crippen LogP contribution in [0.5, 0.6) is 0 Å². The number of nitrogens with zero attached hydrogens (tertiary/aromatic N) is 1. The Morgan fingerprint density at radius 1 is 0.962 bits per heavy atom. The number of carbonyl (C=O) groups is 3. The second-order valence-corrected chi connectivity index (χ2v) is 7.53. The fourth-order valence-corrected chi connectivity index (χ4v) is 3.99. The van der Waals surface area contributed by atoms with E-state index in [0.29, 0.717) is 29.1 Å². The molecule has 1 N–H and O–H groups in total. The third-order valence-electron chi connectivity index (χ3n) is 4.16. The number of hydrogen-bond acceptors (Lipinski definition) is 4. The van der Waals surface area contributed by atoms with Crippen LogP contribution in [0, 0.1) is 0 Å². The first-order valence-corrected chi connectivity index (χ1v) is 9.58. The molecule has 0 fully saturated rings. The number of carbonyl (C=O) groups excluding carboxylic acids is 2. The summed E-state index contributed by atoms with van der Waals surface area (Å²) in [5.74, 6) is -0.948. The van der Waals surface area contributed by atoms with Crippen molar-refractivity contribution in [3.8, 4) is 0 Å². The summed E-state index contributed by atoms with van der Waals surface area (Å²) in [7, 11) is -1.16. The molecule has 134 valence electrons. The Bertz CT molecular complexity index is 856. The third kappa shape index (κ3) is 3.72. The Morgan fingerprint density at radius 3 is 2.08 bits per heavy atom. The molecule has 0 spiro atoms. The average Bonchev–Trinajstić information content (AvgIpc) is 2.87. The molecular weight excluding hydrogens is 354 g/mol. The quantitative estimate of drug-likeness (QED) is 0.754. The van der Waals surface area contributed by atoms with Crippen LogP contribution in [0.25, 0.3) is 0 Å². The highest BCUT2D eigenvalue weighted by atomic mass is 32.2. The summed E-state index contributed by atoms with van der Waals surface area (Å²) < 4.78 is 12.2. The van der Waals surface area contributed by atoms with Crippen LogP contribution in [0.15, 0.2) is 48.5 Å². The van der Waals surface area contributed by atoms with Crippen LogP contribution in [-0.4, -0.2) is 44.3 Å². The zero-order valence-corrected chi connectivity index (χ0v) is 14.7. The molecule has 2 aromatic rings. The van der Waals surface area contributed by atoms with Crippen molar-refractivity contribution < 1.29 is 23.7 Å². The van der Waals surface area contributed by atoms with Gasteiger partial charge >= 0.3 is 5.97 Å². The van der Waals surface area contributed by atoms with Crippen LogP contribution in [0.1, 0.15) is 43.1 Å². The van der Waals surface area contributed by atoms with Gasteiger partial charge in [-0.2, -0.15) is 0 Å². The summed E-state index contributed by atoms with van der Waals surface area (Å²) >= 11 is 0. The van der Waals surface area contributed by atoms with Crippen molar-refractivity contribution in [3.63, 3.8) is 0 Å². The van der Waals surface area contributed by atoms with Gasteiger partial charge in [0.2, 0.25) is 0 Å². The normalized spacial score (nSPS) is 14.4. The highest BCUT2D eigenvalue weighted by molar-refractivity contribution is 7.84. The maximum absolute atomic E-state index is 12.2. The average molecular weight is 371 g/mol. The van der Waals surface area contributed by atoms with Crippen LogP contribution >= 0.6 is 0 Å². The van der Waals surface area contributed by atoms with Gasteiger partial charge in [0.15, 0.2) is 0 Å². The Morgan fingerprint density at radius 2 is 1.54 bits per heavy atom. The molecule has 0 aliphatic carbocycles. The van der Waals surface area contributed by atoms with E-state index in [0.717, 1.165) is 5.56 Å². The van der Waals surface area contributed by atoms with Gasteiger partial charge < -0.3 is 5.11 Å². The molecule has 1 heterocycles. The van der Waals surface area contributed by atoms with E-state index in [2.05, 4.69) is 0 Å². The molecule has 1 aliphatic rings. The molecule has 0 saturated carbocycles. The lowest BCUT2D eigenvalue weighted by atomic mass is 10.1. The molecular formula is C19H17NO5S. The first kappa shape index (κ1) is 18.0. The molecule has 0 aromatic heterocycles. The first-order valence-electron chi connectivity index (χ1n) is 8.10. The van der Waals surface area contributed by atoms with Gasteiger partial charge in [-0.1, -0.05) is 24.3 Å². The molecule has 0 saturated heterocycles. The molecule has 7 heteroatoms. The molecule has 0 radical (unpaired) electrons. The summed E-state index contributed by atoms with van der Waals surface area (Å²) in [5, 5.41) is 8.87. The number of hydrogen-bond donors (Lipinski definition) is 1. The van der Waals surface area contributed by atoms with Crippen LogP contribution in [0.3, 0.4) is 0 Å². The maximum Gasteiger partial charge on any atom is 0.335 e. The Kier molecular flexibility index (Phi) is 5.27. The second kappa shape index (κ2) is 7.61. The summed E-state index contributed by atoms with van der Waals surface area (Å²) in [4.78, 5) is 36.5. The molecule has 1 aliphatic heterocycles. The Labute approximate surface area is 152 Å². The smallest absolute Gasteiger partial charge is 0.335 e. The van der Waals surface area contributed by atoms with Gasteiger partial charge in [-0.15, -0.1) is 0 Å². The van der Waals surface area contributed by atoms with E-state index in [1.165, 1.54) is 17.0 Å². The van der Waals surface area contributed by atoms with Gasteiger partial charge in [-0.05, 0) is 36.2 Å². The minimum Gasteiger partial charge on any atom is -0.478 e. The Hall–Kier alpha value is -2.80. The minimum absolute atomic E-state index is 0.185. The molecule has 1 atom stereocenters. The summed E-state index contributed by atoms with van der Waals surface area (Å²) in [6.45, 7) is 0.232. The third-order valence-corrected chi connectivity index (χ3v) is 5.56. The van der Waals surface area contributed by atoms with E-state index in [1.54, 1.807) is 36.4 Å². The number of rotatable bonds is 7. The van der Waals surface area contributed by atoms with Crippen molar-refractivity contribution in [3.05, 3.63) is 70.8 Å². The molecule has 1 unspecified atom stereocenters. The van der Waals surface area contributed by atoms with Gasteiger partial charge in [-0.25, -0.2) is 4.79 Å². The maximum atomic E-state index is 12.2. The number of carboxylic acids is 1. The van der Waals surface area contributed by atoms with Gasteiger partial charge in [0.25, 0.3) is 11.8 Å². The monoisotopic (exact) mass is 371 g/mol. The zero-order valence-electron chi connectivity index (χ0n) is 13.9. The van der Waals surface area contributed by atoms with Crippen LogP contribution in [0.2, 0.25) is 0 Å². The van der Waals surface area contributed by atoms with Gasteiger partial charge in [0, 0.05) is 28.9 Å². The number of amides is 2. The molecule has 2 aromatic carbocycles. The number of imide groups is 1. The predicted octanol–water partition coefficient (Wildman–Crippen LogP) is 2.32.